The third kappa shape index (κ3) is 2.60. The first-order chi connectivity index (χ1) is 7.77. The number of primary amides is 1. The number of rotatable bonds is 3. The van der Waals surface area contributed by atoms with E-state index in [-0.39, 0.29) is 5.91 Å². The minimum atomic E-state index is -0.362. The molecule has 1 aliphatic carbocycles. The number of nitrogens with zero attached hydrogens (tertiary/aromatic N) is 1. The molecule has 16 heavy (non-hydrogen) atoms. The van der Waals surface area contributed by atoms with Crippen LogP contribution < -0.4 is 5.73 Å². The van der Waals surface area contributed by atoms with Gasteiger partial charge >= 0.3 is 0 Å². The number of aromatic nitrogens is 1. The molecule has 1 aliphatic rings. The van der Waals surface area contributed by atoms with Crippen LogP contribution in [0.25, 0.3) is 0 Å². The fourth-order valence-corrected chi connectivity index (χ4v) is 2.49. The monoisotopic (exact) mass is 218 g/mol. The standard InChI is InChI=1S/C13H18N2O/c14-13(16)11-7-4-8-15-12(11)9-10-5-2-1-3-6-10/h4,7-8,10H,1-3,5-6,9H2,(H2,14,16). The SMILES string of the molecule is NC(=O)c1cccnc1CC1CCCCC1. The second kappa shape index (κ2) is 5.10. The Morgan fingerprint density at radius 3 is 2.81 bits per heavy atom. The zero-order chi connectivity index (χ0) is 11.4. The molecule has 1 fully saturated rings. The molecule has 2 rings (SSSR count). The second-order valence-electron chi connectivity index (χ2n) is 4.57. The highest BCUT2D eigenvalue weighted by molar-refractivity contribution is 5.93. The molecule has 3 heteroatoms. The lowest BCUT2D eigenvalue weighted by Crippen LogP contribution is -2.17. The van der Waals surface area contributed by atoms with Crippen molar-refractivity contribution in [3.8, 4) is 0 Å². The van der Waals surface area contributed by atoms with Gasteiger partial charge in [-0.2, -0.15) is 0 Å². The van der Waals surface area contributed by atoms with Crippen LogP contribution in [0.4, 0.5) is 0 Å². The predicted octanol–water partition coefficient (Wildman–Crippen LogP) is 2.30. The van der Waals surface area contributed by atoms with E-state index in [1.54, 1.807) is 18.3 Å². The van der Waals surface area contributed by atoms with E-state index in [1.807, 2.05) is 0 Å². The minimum Gasteiger partial charge on any atom is -0.366 e. The van der Waals surface area contributed by atoms with Crippen LogP contribution in [0.1, 0.15) is 48.2 Å². The average Bonchev–Trinajstić information content (AvgIpc) is 2.31. The highest BCUT2D eigenvalue weighted by atomic mass is 16.1. The van der Waals surface area contributed by atoms with Crippen molar-refractivity contribution < 1.29 is 4.79 Å². The van der Waals surface area contributed by atoms with Gasteiger partial charge in [-0.3, -0.25) is 9.78 Å². The van der Waals surface area contributed by atoms with E-state index >= 15 is 0 Å². The summed E-state index contributed by atoms with van der Waals surface area (Å²) < 4.78 is 0. The van der Waals surface area contributed by atoms with E-state index in [2.05, 4.69) is 4.98 Å². The molecule has 1 aromatic rings. The maximum absolute atomic E-state index is 11.2. The summed E-state index contributed by atoms with van der Waals surface area (Å²) in [7, 11) is 0. The molecule has 2 N–H and O–H groups in total. The van der Waals surface area contributed by atoms with Gasteiger partial charge in [0.15, 0.2) is 0 Å². The van der Waals surface area contributed by atoms with E-state index in [0.717, 1.165) is 12.1 Å². The Hall–Kier alpha value is -1.38. The molecule has 1 heterocycles. The number of hydrogen-bond donors (Lipinski definition) is 1. The Morgan fingerprint density at radius 1 is 1.38 bits per heavy atom. The molecular formula is C13H18N2O. The Morgan fingerprint density at radius 2 is 2.12 bits per heavy atom. The Labute approximate surface area is 96.1 Å². The van der Waals surface area contributed by atoms with E-state index in [4.69, 9.17) is 5.73 Å². The predicted molar refractivity (Wildman–Crippen MR) is 63.0 cm³/mol. The van der Waals surface area contributed by atoms with Crippen molar-refractivity contribution in [3.63, 3.8) is 0 Å². The van der Waals surface area contributed by atoms with Crippen LogP contribution >= 0.6 is 0 Å². The van der Waals surface area contributed by atoms with Crippen molar-refractivity contribution in [2.75, 3.05) is 0 Å². The topological polar surface area (TPSA) is 56.0 Å². The molecular weight excluding hydrogens is 200 g/mol. The van der Waals surface area contributed by atoms with Gasteiger partial charge in [0.05, 0.1) is 11.3 Å². The van der Waals surface area contributed by atoms with Crippen molar-refractivity contribution in [2.24, 2.45) is 11.7 Å². The summed E-state index contributed by atoms with van der Waals surface area (Å²) in [6.07, 6.45) is 9.13. The van der Waals surface area contributed by atoms with Gasteiger partial charge in [-0.05, 0) is 24.5 Å². The first-order valence-electron chi connectivity index (χ1n) is 6.01. The van der Waals surface area contributed by atoms with Crippen molar-refractivity contribution in [1.29, 1.82) is 0 Å². The van der Waals surface area contributed by atoms with Gasteiger partial charge in [-0.1, -0.05) is 32.1 Å². The molecule has 3 nitrogen and oxygen atoms in total. The van der Waals surface area contributed by atoms with Crippen molar-refractivity contribution in [1.82, 2.24) is 4.98 Å². The van der Waals surface area contributed by atoms with Crippen LogP contribution in [0.3, 0.4) is 0 Å². The van der Waals surface area contributed by atoms with E-state index in [9.17, 15) is 4.79 Å². The van der Waals surface area contributed by atoms with Crippen molar-refractivity contribution in [3.05, 3.63) is 29.6 Å². The molecule has 0 aromatic carbocycles. The smallest absolute Gasteiger partial charge is 0.250 e. The lowest BCUT2D eigenvalue weighted by Gasteiger charge is -2.21. The van der Waals surface area contributed by atoms with E-state index < -0.39 is 0 Å². The minimum absolute atomic E-state index is 0.362. The van der Waals surface area contributed by atoms with Gasteiger partial charge in [-0.25, -0.2) is 0 Å². The fourth-order valence-electron chi connectivity index (χ4n) is 2.49. The van der Waals surface area contributed by atoms with Gasteiger partial charge in [0, 0.05) is 6.20 Å². The Balaban J connectivity index is 2.10. The van der Waals surface area contributed by atoms with Gasteiger partial charge in [0.1, 0.15) is 0 Å². The first-order valence-corrected chi connectivity index (χ1v) is 6.01. The van der Waals surface area contributed by atoms with Crippen molar-refractivity contribution >= 4 is 5.91 Å². The molecule has 0 aliphatic heterocycles. The number of pyridine rings is 1. The van der Waals surface area contributed by atoms with E-state index in [0.29, 0.717) is 11.5 Å². The van der Waals surface area contributed by atoms with Gasteiger partial charge in [0.2, 0.25) is 0 Å². The Bertz CT molecular complexity index is 370. The number of carbonyl (C=O) groups excluding carboxylic acids is 1. The molecule has 0 radical (unpaired) electrons. The number of nitrogens with two attached hydrogens (primary N) is 1. The summed E-state index contributed by atoms with van der Waals surface area (Å²) >= 11 is 0. The second-order valence-corrected chi connectivity index (χ2v) is 4.57. The maximum Gasteiger partial charge on any atom is 0.250 e. The quantitative estimate of drug-likeness (QED) is 0.846. The van der Waals surface area contributed by atoms with Crippen LogP contribution in [-0.2, 0) is 6.42 Å². The molecule has 1 aromatic heterocycles. The van der Waals surface area contributed by atoms with Crippen molar-refractivity contribution in [2.45, 2.75) is 38.5 Å². The molecule has 1 saturated carbocycles. The summed E-state index contributed by atoms with van der Waals surface area (Å²) in [6.45, 7) is 0. The molecule has 0 atom stereocenters. The molecule has 0 saturated heterocycles. The molecule has 1 amide bonds. The fraction of sp³-hybridized carbons (Fsp3) is 0.538. The first kappa shape index (κ1) is 11.1. The summed E-state index contributed by atoms with van der Waals surface area (Å²) in [5.74, 6) is 0.320. The normalized spacial score (nSPS) is 17.2. The number of amides is 1. The van der Waals surface area contributed by atoms with Crippen LogP contribution in [0, 0.1) is 5.92 Å². The van der Waals surface area contributed by atoms with Gasteiger partial charge < -0.3 is 5.73 Å². The van der Waals surface area contributed by atoms with Crippen LogP contribution in [0.15, 0.2) is 18.3 Å². The van der Waals surface area contributed by atoms with E-state index in [1.165, 1.54) is 32.1 Å². The van der Waals surface area contributed by atoms with Gasteiger partial charge in [-0.15, -0.1) is 0 Å². The Kier molecular flexibility index (Phi) is 3.54. The third-order valence-corrected chi connectivity index (χ3v) is 3.36. The van der Waals surface area contributed by atoms with Crippen LogP contribution in [0.5, 0.6) is 0 Å². The molecule has 0 bridgehead atoms. The lowest BCUT2D eigenvalue weighted by atomic mass is 9.85. The highest BCUT2D eigenvalue weighted by Gasteiger charge is 2.17. The summed E-state index contributed by atoms with van der Waals surface area (Å²) in [6, 6.07) is 3.54. The van der Waals surface area contributed by atoms with Gasteiger partial charge in [0.25, 0.3) is 5.91 Å². The third-order valence-electron chi connectivity index (χ3n) is 3.36. The highest BCUT2D eigenvalue weighted by Crippen LogP contribution is 2.27. The lowest BCUT2D eigenvalue weighted by molar-refractivity contribution is 0.0998. The number of carbonyl (C=O) groups is 1. The van der Waals surface area contributed by atoms with Crippen LogP contribution in [-0.4, -0.2) is 10.9 Å². The average molecular weight is 218 g/mol. The zero-order valence-corrected chi connectivity index (χ0v) is 9.48. The molecule has 0 unspecified atom stereocenters. The van der Waals surface area contributed by atoms with Crippen LogP contribution in [0.2, 0.25) is 0 Å². The summed E-state index contributed by atoms with van der Waals surface area (Å²) in [4.78, 5) is 15.5. The number of hydrogen-bond acceptors (Lipinski definition) is 2. The maximum atomic E-state index is 11.2. The molecule has 0 spiro atoms. The zero-order valence-electron chi connectivity index (χ0n) is 9.48. The summed E-state index contributed by atoms with van der Waals surface area (Å²) in [5, 5.41) is 0. The molecule has 86 valence electrons. The largest absolute Gasteiger partial charge is 0.366 e. The summed E-state index contributed by atoms with van der Waals surface area (Å²) in [5.41, 5.74) is 6.81.